The molecule has 2 unspecified atom stereocenters. The minimum Gasteiger partial charge on any atom is -0.507 e. The molecule has 2 fully saturated rings. The molecular weight excluding hydrogens is 620 g/mol. The summed E-state index contributed by atoms with van der Waals surface area (Å²) in [4.78, 5) is 81.3. The Labute approximate surface area is 278 Å². The highest BCUT2D eigenvalue weighted by atomic mass is 16.5. The van der Waals surface area contributed by atoms with Crippen molar-refractivity contribution in [3.63, 3.8) is 0 Å². The number of aromatic hydroxyl groups is 1. The van der Waals surface area contributed by atoms with Gasteiger partial charge in [0.1, 0.15) is 11.5 Å². The van der Waals surface area contributed by atoms with Gasteiger partial charge in [-0.3, -0.25) is 28.9 Å². The van der Waals surface area contributed by atoms with Crippen molar-refractivity contribution >= 4 is 35.1 Å². The van der Waals surface area contributed by atoms with Gasteiger partial charge >= 0.3 is 6.03 Å². The van der Waals surface area contributed by atoms with E-state index in [1.54, 1.807) is 18.2 Å². The number of carbonyl (C=O) groups excluding carboxylic acids is 6. The summed E-state index contributed by atoms with van der Waals surface area (Å²) in [6.07, 6.45) is 0.0602. The molecule has 3 aliphatic carbocycles. The second-order valence-electron chi connectivity index (χ2n) is 14.1. The van der Waals surface area contributed by atoms with Gasteiger partial charge in [-0.05, 0) is 95.4 Å². The number of nitrogens with two attached hydrogens (primary N) is 1. The van der Waals surface area contributed by atoms with Gasteiger partial charge in [-0.1, -0.05) is 12.1 Å². The number of carbonyl (C=O) groups is 6. The molecule has 13 nitrogen and oxygen atoms in total. The van der Waals surface area contributed by atoms with Gasteiger partial charge in [0, 0.05) is 23.6 Å². The van der Waals surface area contributed by atoms with E-state index in [0.717, 1.165) is 0 Å². The molecule has 0 radical (unpaired) electrons. The van der Waals surface area contributed by atoms with Crippen LogP contribution in [0.25, 0.3) is 11.1 Å². The summed E-state index contributed by atoms with van der Waals surface area (Å²) >= 11 is 0. The van der Waals surface area contributed by atoms with Crippen LogP contribution in [0, 0.1) is 23.7 Å². The number of phenolic OH excluding ortho intramolecular Hbond substituents is 1. The molecule has 0 heterocycles. The molecule has 0 bridgehead atoms. The van der Waals surface area contributed by atoms with Crippen LogP contribution in [-0.2, 0) is 32.1 Å². The average molecular weight is 663 g/mol. The number of benzene rings is 2. The molecule has 6 atom stereocenters. The van der Waals surface area contributed by atoms with Crippen LogP contribution in [0.1, 0.15) is 55.6 Å². The summed E-state index contributed by atoms with van der Waals surface area (Å²) in [6, 6.07) is 6.82. The summed E-state index contributed by atoms with van der Waals surface area (Å²) in [5, 5.41) is 28.4. The van der Waals surface area contributed by atoms with Crippen molar-refractivity contribution in [3.8, 4) is 22.6 Å². The number of aliphatic hydroxyl groups is 1. The number of Topliss-reactive ketones (excluding diaryl/α,β-unsaturated/α-hetero) is 4. The minimum atomic E-state index is -2.79. The molecule has 6 N–H and O–H groups in total. The van der Waals surface area contributed by atoms with Gasteiger partial charge < -0.3 is 31.3 Å². The number of urea groups is 1. The fraction of sp³-hybridized carbons (Fsp3) is 0.486. The van der Waals surface area contributed by atoms with E-state index in [9.17, 15) is 39.0 Å². The number of nitrogens with one attached hydrogen (secondary N) is 2. The normalized spacial score (nSPS) is 26.8. The first-order chi connectivity index (χ1) is 22.4. The Morgan fingerprint density at radius 3 is 2.38 bits per heavy atom. The molecule has 0 aromatic heterocycles. The fourth-order valence-corrected chi connectivity index (χ4v) is 7.62. The largest absolute Gasteiger partial charge is 0.507 e. The van der Waals surface area contributed by atoms with Crippen LogP contribution in [0.2, 0.25) is 0 Å². The molecule has 2 aromatic rings. The summed E-state index contributed by atoms with van der Waals surface area (Å²) in [6.45, 7) is 7.94. The third-order valence-corrected chi connectivity index (χ3v) is 9.54. The van der Waals surface area contributed by atoms with E-state index in [0.29, 0.717) is 34.6 Å². The zero-order valence-corrected chi connectivity index (χ0v) is 27.9. The summed E-state index contributed by atoms with van der Waals surface area (Å²) in [7, 11) is 3.08. The number of amides is 3. The lowest BCUT2D eigenvalue weighted by Gasteiger charge is -2.52. The molecule has 48 heavy (non-hydrogen) atoms. The second-order valence-corrected chi connectivity index (χ2v) is 14.1. The third-order valence-electron chi connectivity index (χ3n) is 9.54. The van der Waals surface area contributed by atoms with Gasteiger partial charge in [-0.15, -0.1) is 0 Å². The topological polar surface area (TPSA) is 205 Å². The number of nitrogens with zero attached hydrogens (tertiary/aromatic N) is 1. The molecule has 3 amide bonds. The summed E-state index contributed by atoms with van der Waals surface area (Å²) < 4.78 is 5.81. The number of phenols is 1. The number of fused-ring (bicyclic) bond motifs is 3. The first kappa shape index (κ1) is 34.7. The molecule has 0 spiro atoms. The van der Waals surface area contributed by atoms with E-state index in [1.807, 2.05) is 33.8 Å². The van der Waals surface area contributed by atoms with Crippen molar-refractivity contribution in [2.24, 2.45) is 29.4 Å². The van der Waals surface area contributed by atoms with Gasteiger partial charge in [0.25, 0.3) is 0 Å². The van der Waals surface area contributed by atoms with Crippen LogP contribution in [0.3, 0.4) is 0 Å². The number of primary amides is 1. The zero-order valence-electron chi connectivity index (χ0n) is 27.9. The third kappa shape index (κ3) is 5.74. The van der Waals surface area contributed by atoms with E-state index >= 15 is 0 Å². The monoisotopic (exact) mass is 662 g/mol. The molecule has 13 heteroatoms. The number of hydrogen-bond donors (Lipinski definition) is 5. The zero-order chi connectivity index (χ0) is 35.5. The van der Waals surface area contributed by atoms with Crippen molar-refractivity contribution in [2.45, 2.75) is 64.3 Å². The van der Waals surface area contributed by atoms with Crippen LogP contribution in [0.5, 0.6) is 11.5 Å². The SMILES string of the molecule is CCOc1ccc(-c2ccc(O)c3c2C[C@@H]2C[C@@H]4[C@@H](N(C)C)C(=O)C(C(N)=O)C(=O)[C@]4(O)C(=O)C2C3=O)cc1CNC(=O)NC(C)(C)C. The molecule has 0 saturated heterocycles. The quantitative estimate of drug-likeness (QED) is 0.270. The highest BCUT2D eigenvalue weighted by Gasteiger charge is 2.69. The number of ketones is 4. The Kier molecular flexibility index (Phi) is 8.99. The first-order valence-corrected chi connectivity index (χ1v) is 15.9. The molecule has 0 aliphatic heterocycles. The van der Waals surface area contributed by atoms with Crippen LogP contribution in [-0.4, -0.2) is 88.1 Å². The van der Waals surface area contributed by atoms with Gasteiger partial charge in [0.05, 0.1) is 24.1 Å². The number of rotatable bonds is 7. The van der Waals surface area contributed by atoms with Crippen LogP contribution < -0.4 is 21.1 Å². The predicted molar refractivity (Wildman–Crippen MR) is 173 cm³/mol. The van der Waals surface area contributed by atoms with Crippen molar-refractivity contribution in [3.05, 3.63) is 47.0 Å². The van der Waals surface area contributed by atoms with Crippen LogP contribution >= 0.6 is 0 Å². The molecule has 256 valence electrons. The van der Waals surface area contributed by atoms with Gasteiger partial charge in [-0.25, -0.2) is 4.79 Å². The van der Waals surface area contributed by atoms with Gasteiger partial charge in [0.15, 0.2) is 34.7 Å². The predicted octanol–water partition coefficient (Wildman–Crippen LogP) is 1.53. The smallest absolute Gasteiger partial charge is 0.315 e. The molecule has 2 saturated carbocycles. The molecule has 3 aliphatic rings. The molecule has 5 rings (SSSR count). The Morgan fingerprint density at radius 2 is 1.77 bits per heavy atom. The number of likely N-dealkylation sites (N-methyl/N-ethyl adjacent to an activating group) is 1. The van der Waals surface area contributed by atoms with E-state index in [1.165, 1.54) is 25.1 Å². The maximum absolute atomic E-state index is 14.1. The summed E-state index contributed by atoms with van der Waals surface area (Å²) in [5.41, 5.74) is 4.44. The lowest BCUT2D eigenvalue weighted by Crippen LogP contribution is -2.74. The first-order valence-electron chi connectivity index (χ1n) is 15.9. The van der Waals surface area contributed by atoms with Crippen molar-refractivity contribution in [2.75, 3.05) is 20.7 Å². The summed E-state index contributed by atoms with van der Waals surface area (Å²) in [5.74, 6) is -10.5. The highest BCUT2D eigenvalue weighted by Crippen LogP contribution is 2.52. The van der Waals surface area contributed by atoms with Crippen molar-refractivity contribution < 1.29 is 43.7 Å². The maximum Gasteiger partial charge on any atom is 0.315 e. The lowest BCUT2D eigenvalue weighted by atomic mass is 9.52. The Hall–Kier alpha value is -4.62. The van der Waals surface area contributed by atoms with Crippen LogP contribution in [0.15, 0.2) is 30.3 Å². The number of ether oxygens (including phenoxy) is 1. The molecule has 2 aromatic carbocycles. The highest BCUT2D eigenvalue weighted by molar-refractivity contribution is 6.32. The van der Waals surface area contributed by atoms with Gasteiger partial charge in [0.2, 0.25) is 5.91 Å². The van der Waals surface area contributed by atoms with Gasteiger partial charge in [-0.2, -0.15) is 0 Å². The standard InChI is InChI=1S/C35H42N4O9/c1-7-48-23-11-8-16(12-18(23)15-37-33(46)38-34(2,3)4)19-9-10-22(40)25-20(19)13-17-14-21-27(39(5)6)29(42)26(32(36)45)31(44)35(21,47)30(43)24(17)28(25)41/h8-12,17,21,24,26-27,40,47H,7,13-15H2,1-6H3,(H2,36,45)(H2,37,38,46)/t17-,21-,24?,26?,27-,35-/m1/s1. The van der Waals surface area contributed by atoms with E-state index in [-0.39, 0.29) is 36.7 Å². The van der Waals surface area contributed by atoms with E-state index in [4.69, 9.17) is 10.5 Å². The van der Waals surface area contributed by atoms with Crippen molar-refractivity contribution in [1.29, 1.82) is 0 Å². The van der Waals surface area contributed by atoms with Crippen LogP contribution in [0.4, 0.5) is 4.79 Å². The second kappa shape index (κ2) is 12.4. The Balaban J connectivity index is 1.57. The van der Waals surface area contributed by atoms with Crippen molar-refractivity contribution in [1.82, 2.24) is 15.5 Å². The average Bonchev–Trinajstić information content (AvgIpc) is 2.97. The fourth-order valence-electron chi connectivity index (χ4n) is 7.62. The lowest BCUT2D eigenvalue weighted by molar-refractivity contribution is -0.181. The maximum atomic E-state index is 14.1. The minimum absolute atomic E-state index is 0.0552. The number of hydrogen-bond acceptors (Lipinski definition) is 10. The molecular formula is C35H42N4O9. The Morgan fingerprint density at radius 1 is 1.08 bits per heavy atom. The Bertz CT molecular complexity index is 1730. The van der Waals surface area contributed by atoms with E-state index in [2.05, 4.69) is 10.6 Å². The van der Waals surface area contributed by atoms with E-state index < -0.39 is 69.9 Å².